The number of aromatic nitrogens is 5. The third kappa shape index (κ3) is 3.17. The van der Waals surface area contributed by atoms with Crippen LogP contribution in [0.2, 0.25) is 0 Å². The van der Waals surface area contributed by atoms with Crippen molar-refractivity contribution in [2.45, 2.75) is 18.9 Å². The zero-order valence-electron chi connectivity index (χ0n) is 15.7. The van der Waals surface area contributed by atoms with Crippen LogP contribution in [0.1, 0.15) is 23.3 Å². The first-order chi connectivity index (χ1) is 14.2. The summed E-state index contributed by atoms with van der Waals surface area (Å²) in [7, 11) is 0. The van der Waals surface area contributed by atoms with E-state index in [-0.39, 0.29) is 5.91 Å². The number of fused-ring (bicyclic) bond motifs is 1. The molecule has 1 amide bonds. The number of piperidine rings is 1. The van der Waals surface area contributed by atoms with Crippen LogP contribution in [0, 0.1) is 0 Å². The Hall–Kier alpha value is -3.52. The van der Waals surface area contributed by atoms with Crippen molar-refractivity contribution in [1.29, 1.82) is 0 Å². The van der Waals surface area contributed by atoms with E-state index < -0.39 is 6.10 Å². The molecule has 0 spiro atoms. The first kappa shape index (κ1) is 17.6. The number of carbonyl (C=O) groups is 1. The molecule has 8 heteroatoms. The molecule has 0 radical (unpaired) electrons. The summed E-state index contributed by atoms with van der Waals surface area (Å²) < 4.78 is 3.65. The molecule has 4 aromatic rings. The molecule has 1 N–H and O–H groups in total. The Labute approximate surface area is 167 Å². The lowest BCUT2D eigenvalue weighted by Gasteiger charge is -2.30. The average molecular weight is 388 g/mol. The van der Waals surface area contributed by atoms with E-state index in [1.165, 1.54) is 6.33 Å². The number of hydrogen-bond acceptors (Lipinski definition) is 5. The Balaban J connectivity index is 1.55. The monoisotopic (exact) mass is 388 g/mol. The van der Waals surface area contributed by atoms with E-state index in [9.17, 15) is 9.90 Å². The number of nitrogens with zero attached hydrogens (tertiary/aromatic N) is 6. The smallest absolute Gasteiger partial charge is 0.272 e. The second-order valence-corrected chi connectivity index (χ2v) is 7.21. The summed E-state index contributed by atoms with van der Waals surface area (Å²) in [6.45, 7) is 1.01. The highest BCUT2D eigenvalue weighted by Gasteiger charge is 2.26. The van der Waals surface area contributed by atoms with E-state index in [1.807, 2.05) is 34.9 Å². The minimum absolute atomic E-state index is 0.121. The summed E-state index contributed by atoms with van der Waals surface area (Å²) in [5.74, 6) is 0.647. The van der Waals surface area contributed by atoms with Gasteiger partial charge in [0.05, 0.1) is 12.3 Å². The molecule has 0 saturated carbocycles. The van der Waals surface area contributed by atoms with Crippen molar-refractivity contribution in [1.82, 2.24) is 29.0 Å². The molecule has 1 aliphatic rings. The SMILES string of the molecule is O=C(c1ccnn1-c1ccc2ccc(-c3cncnc3)cn12)N1CCC[C@H](O)C1. The molecular weight excluding hydrogens is 368 g/mol. The zero-order valence-corrected chi connectivity index (χ0v) is 15.7. The fraction of sp³-hybridized carbons (Fsp3) is 0.238. The number of carbonyl (C=O) groups excluding carboxylic acids is 1. The largest absolute Gasteiger partial charge is 0.391 e. The van der Waals surface area contributed by atoms with Crippen molar-refractivity contribution in [2.24, 2.45) is 0 Å². The Kier molecular flexibility index (Phi) is 4.33. The molecule has 1 saturated heterocycles. The Morgan fingerprint density at radius 3 is 2.72 bits per heavy atom. The summed E-state index contributed by atoms with van der Waals surface area (Å²) in [4.78, 5) is 22.9. The predicted octanol–water partition coefficient (Wildman–Crippen LogP) is 2.18. The Bertz CT molecular complexity index is 1170. The van der Waals surface area contributed by atoms with Crippen molar-refractivity contribution in [3.8, 4) is 16.9 Å². The fourth-order valence-electron chi connectivity index (χ4n) is 3.83. The molecule has 1 aliphatic heterocycles. The maximum absolute atomic E-state index is 13.1. The van der Waals surface area contributed by atoms with Gasteiger partial charge in [0.25, 0.3) is 5.91 Å². The highest BCUT2D eigenvalue weighted by atomic mass is 16.3. The molecule has 8 nitrogen and oxygen atoms in total. The number of pyridine rings is 1. The molecule has 1 atom stereocenters. The Morgan fingerprint density at radius 1 is 1.07 bits per heavy atom. The molecule has 146 valence electrons. The van der Waals surface area contributed by atoms with E-state index >= 15 is 0 Å². The van der Waals surface area contributed by atoms with Gasteiger partial charge in [0.2, 0.25) is 0 Å². The van der Waals surface area contributed by atoms with Gasteiger partial charge in [0, 0.05) is 48.3 Å². The standard InChI is InChI=1S/C21H20N6O2/c28-18-2-1-9-25(13-18)21(29)19-7-8-24-27(19)20-6-5-17-4-3-15(12-26(17)20)16-10-22-14-23-11-16/h3-8,10-12,14,18,28H,1-2,9,13H2/t18-/m0/s1. The molecule has 0 aliphatic carbocycles. The number of likely N-dealkylation sites (tertiary alicyclic amines) is 1. The summed E-state index contributed by atoms with van der Waals surface area (Å²) in [5, 5.41) is 14.3. The normalized spacial score (nSPS) is 17.0. The van der Waals surface area contributed by atoms with Crippen LogP contribution in [-0.2, 0) is 0 Å². The number of amides is 1. The summed E-state index contributed by atoms with van der Waals surface area (Å²) in [6.07, 6.45) is 9.72. The van der Waals surface area contributed by atoms with E-state index in [4.69, 9.17) is 0 Å². The molecule has 0 aromatic carbocycles. The van der Waals surface area contributed by atoms with Crippen molar-refractivity contribution < 1.29 is 9.90 Å². The molecule has 0 unspecified atom stereocenters. The van der Waals surface area contributed by atoms with Gasteiger partial charge >= 0.3 is 0 Å². The van der Waals surface area contributed by atoms with Crippen molar-refractivity contribution >= 4 is 11.4 Å². The quantitative estimate of drug-likeness (QED) is 0.581. The van der Waals surface area contributed by atoms with Crippen LogP contribution < -0.4 is 0 Å². The topological polar surface area (TPSA) is 88.5 Å². The van der Waals surface area contributed by atoms with Gasteiger partial charge < -0.3 is 14.4 Å². The molecule has 5 rings (SSSR count). The summed E-state index contributed by atoms with van der Waals surface area (Å²) in [6, 6.07) is 9.67. The van der Waals surface area contributed by atoms with Crippen molar-refractivity contribution in [3.63, 3.8) is 0 Å². The van der Waals surface area contributed by atoms with Gasteiger partial charge in [-0.15, -0.1) is 0 Å². The second kappa shape index (κ2) is 7.14. The van der Waals surface area contributed by atoms with Crippen LogP contribution >= 0.6 is 0 Å². The molecule has 0 bridgehead atoms. The predicted molar refractivity (Wildman–Crippen MR) is 107 cm³/mol. The number of aliphatic hydroxyl groups excluding tert-OH is 1. The van der Waals surface area contributed by atoms with E-state index in [1.54, 1.807) is 34.2 Å². The third-order valence-corrected chi connectivity index (χ3v) is 5.29. The van der Waals surface area contributed by atoms with Crippen LogP contribution in [0.3, 0.4) is 0 Å². The number of β-amino-alcohol motifs (C(OH)–C–C–N with tert-alkyl or cyclic N) is 1. The maximum atomic E-state index is 13.1. The van der Waals surface area contributed by atoms with Crippen LogP contribution in [0.5, 0.6) is 0 Å². The van der Waals surface area contributed by atoms with Crippen LogP contribution in [0.4, 0.5) is 0 Å². The van der Waals surface area contributed by atoms with Gasteiger partial charge in [0.15, 0.2) is 0 Å². The van der Waals surface area contributed by atoms with Crippen LogP contribution in [-0.4, -0.2) is 59.3 Å². The highest BCUT2D eigenvalue weighted by Crippen LogP contribution is 2.23. The van der Waals surface area contributed by atoms with Crippen LogP contribution in [0.25, 0.3) is 22.5 Å². The van der Waals surface area contributed by atoms with E-state index in [0.717, 1.165) is 35.3 Å². The van der Waals surface area contributed by atoms with Gasteiger partial charge in [0.1, 0.15) is 17.8 Å². The highest BCUT2D eigenvalue weighted by molar-refractivity contribution is 5.93. The number of aliphatic hydroxyl groups is 1. The maximum Gasteiger partial charge on any atom is 0.272 e. The molecule has 1 fully saturated rings. The lowest BCUT2D eigenvalue weighted by molar-refractivity contribution is 0.0466. The molecule has 29 heavy (non-hydrogen) atoms. The lowest BCUT2D eigenvalue weighted by Crippen LogP contribution is -2.42. The molecule has 4 aromatic heterocycles. The molecule has 5 heterocycles. The minimum Gasteiger partial charge on any atom is -0.391 e. The summed E-state index contributed by atoms with van der Waals surface area (Å²) >= 11 is 0. The van der Waals surface area contributed by atoms with E-state index in [0.29, 0.717) is 18.8 Å². The number of hydrogen-bond donors (Lipinski definition) is 1. The number of rotatable bonds is 3. The van der Waals surface area contributed by atoms with Crippen LogP contribution in [0.15, 0.2) is 61.4 Å². The first-order valence-electron chi connectivity index (χ1n) is 9.59. The molecular formula is C21H20N6O2. The van der Waals surface area contributed by atoms with Gasteiger partial charge in [-0.05, 0) is 37.1 Å². The van der Waals surface area contributed by atoms with Gasteiger partial charge in [-0.3, -0.25) is 4.79 Å². The second-order valence-electron chi connectivity index (χ2n) is 7.21. The Morgan fingerprint density at radius 2 is 1.90 bits per heavy atom. The van der Waals surface area contributed by atoms with Gasteiger partial charge in [-0.25, -0.2) is 14.6 Å². The average Bonchev–Trinajstić information content (AvgIpc) is 3.40. The minimum atomic E-state index is -0.464. The lowest BCUT2D eigenvalue weighted by atomic mass is 10.1. The fourth-order valence-corrected chi connectivity index (χ4v) is 3.83. The third-order valence-electron chi connectivity index (χ3n) is 5.29. The van der Waals surface area contributed by atoms with E-state index in [2.05, 4.69) is 15.1 Å². The van der Waals surface area contributed by atoms with Gasteiger partial charge in [-0.2, -0.15) is 5.10 Å². The summed E-state index contributed by atoms with van der Waals surface area (Å²) in [5.41, 5.74) is 3.35. The van der Waals surface area contributed by atoms with Crippen molar-refractivity contribution in [2.75, 3.05) is 13.1 Å². The van der Waals surface area contributed by atoms with Crippen molar-refractivity contribution in [3.05, 3.63) is 67.1 Å². The first-order valence-corrected chi connectivity index (χ1v) is 9.59. The zero-order chi connectivity index (χ0) is 19.8. The van der Waals surface area contributed by atoms with Gasteiger partial charge in [-0.1, -0.05) is 6.07 Å².